The first-order chi connectivity index (χ1) is 12.5. The van der Waals surface area contributed by atoms with E-state index < -0.39 is 18.3 Å². The summed E-state index contributed by atoms with van der Waals surface area (Å²) in [6, 6.07) is 0. The fraction of sp³-hybridized carbons (Fsp3) is 0.917. The van der Waals surface area contributed by atoms with Gasteiger partial charge < -0.3 is 0 Å². The van der Waals surface area contributed by atoms with Crippen molar-refractivity contribution in [1.29, 1.82) is 0 Å². The molecule has 2 heteroatoms. The maximum absolute atomic E-state index is 14.2. The highest BCUT2D eigenvalue weighted by molar-refractivity contribution is 5.12. The SMILES string of the molecule is CCCCC(CCC)C1CCCC(C#CC2C(F)CC(C)CC2F)CC1. The molecule has 0 N–H and O–H groups in total. The van der Waals surface area contributed by atoms with E-state index in [9.17, 15) is 8.78 Å². The molecule has 2 saturated carbocycles. The predicted molar refractivity (Wildman–Crippen MR) is 107 cm³/mol. The van der Waals surface area contributed by atoms with Gasteiger partial charge >= 0.3 is 0 Å². The van der Waals surface area contributed by atoms with Gasteiger partial charge in [0.1, 0.15) is 12.3 Å². The Morgan fingerprint density at radius 1 is 0.885 bits per heavy atom. The Hall–Kier alpha value is -0.580. The molecule has 0 nitrogen and oxygen atoms in total. The van der Waals surface area contributed by atoms with Crippen LogP contribution in [0.4, 0.5) is 8.78 Å². The van der Waals surface area contributed by atoms with Crippen LogP contribution in [0.25, 0.3) is 0 Å². The molecule has 5 atom stereocenters. The van der Waals surface area contributed by atoms with Gasteiger partial charge in [0.25, 0.3) is 0 Å². The minimum absolute atomic E-state index is 0.148. The third kappa shape index (κ3) is 6.54. The minimum Gasteiger partial charge on any atom is -0.246 e. The lowest BCUT2D eigenvalue weighted by atomic mass is 9.79. The van der Waals surface area contributed by atoms with E-state index in [0.717, 1.165) is 24.7 Å². The average molecular weight is 367 g/mol. The van der Waals surface area contributed by atoms with Gasteiger partial charge in [-0.3, -0.25) is 0 Å². The zero-order chi connectivity index (χ0) is 18.9. The van der Waals surface area contributed by atoms with Crippen LogP contribution in [0.15, 0.2) is 0 Å². The van der Waals surface area contributed by atoms with Crippen molar-refractivity contribution in [3.05, 3.63) is 0 Å². The van der Waals surface area contributed by atoms with Gasteiger partial charge in [0.15, 0.2) is 0 Å². The summed E-state index contributed by atoms with van der Waals surface area (Å²) < 4.78 is 28.4. The molecule has 0 spiro atoms. The fourth-order valence-electron chi connectivity index (χ4n) is 5.18. The van der Waals surface area contributed by atoms with Crippen LogP contribution in [0.2, 0.25) is 0 Å². The number of halogens is 2. The fourth-order valence-corrected chi connectivity index (χ4v) is 5.18. The number of hydrogen-bond acceptors (Lipinski definition) is 0. The van der Waals surface area contributed by atoms with Crippen LogP contribution >= 0.6 is 0 Å². The lowest BCUT2D eigenvalue weighted by molar-refractivity contribution is 0.0814. The molecule has 5 unspecified atom stereocenters. The number of rotatable bonds is 6. The van der Waals surface area contributed by atoms with E-state index in [1.54, 1.807) is 0 Å². The quantitative estimate of drug-likeness (QED) is 0.337. The Labute approximate surface area is 160 Å². The van der Waals surface area contributed by atoms with Gasteiger partial charge in [-0.1, -0.05) is 77.6 Å². The molecule has 2 aliphatic carbocycles. The summed E-state index contributed by atoms with van der Waals surface area (Å²) in [6.07, 6.45) is 11.5. The van der Waals surface area contributed by atoms with E-state index in [2.05, 4.69) is 25.7 Å². The molecule has 0 radical (unpaired) electrons. The van der Waals surface area contributed by atoms with Gasteiger partial charge in [-0.05, 0) is 49.9 Å². The highest BCUT2D eigenvalue weighted by Crippen LogP contribution is 2.37. The van der Waals surface area contributed by atoms with Crippen molar-refractivity contribution in [2.45, 2.75) is 110 Å². The summed E-state index contributed by atoms with van der Waals surface area (Å²) in [5.74, 6) is 7.89. The largest absolute Gasteiger partial charge is 0.246 e. The molecule has 0 heterocycles. The molecule has 0 aliphatic heterocycles. The highest BCUT2D eigenvalue weighted by Gasteiger charge is 2.36. The second-order valence-electron chi connectivity index (χ2n) is 9.08. The molecule has 26 heavy (non-hydrogen) atoms. The number of alkyl halides is 2. The molecular weight excluding hydrogens is 326 g/mol. The molecular formula is C24H40F2. The molecule has 0 amide bonds. The molecule has 0 aromatic rings. The van der Waals surface area contributed by atoms with Crippen LogP contribution in [-0.4, -0.2) is 12.3 Å². The summed E-state index contributed by atoms with van der Waals surface area (Å²) in [5.41, 5.74) is 0. The molecule has 2 fully saturated rings. The van der Waals surface area contributed by atoms with Crippen LogP contribution in [0.3, 0.4) is 0 Å². The molecule has 150 valence electrons. The molecule has 2 rings (SSSR count). The summed E-state index contributed by atoms with van der Waals surface area (Å²) in [5, 5.41) is 0. The predicted octanol–water partition coefficient (Wildman–Crippen LogP) is 7.52. The third-order valence-corrected chi connectivity index (χ3v) is 6.76. The van der Waals surface area contributed by atoms with Crippen LogP contribution in [0, 0.1) is 41.4 Å². The second-order valence-corrected chi connectivity index (χ2v) is 9.08. The van der Waals surface area contributed by atoms with E-state index >= 15 is 0 Å². The third-order valence-electron chi connectivity index (χ3n) is 6.76. The Kier molecular flexibility index (Phi) is 9.44. The zero-order valence-corrected chi connectivity index (χ0v) is 17.3. The first kappa shape index (κ1) is 21.7. The summed E-state index contributed by atoms with van der Waals surface area (Å²) in [6.45, 7) is 6.53. The minimum atomic E-state index is -1.08. The van der Waals surface area contributed by atoms with Gasteiger partial charge in [0.05, 0.1) is 5.92 Å². The van der Waals surface area contributed by atoms with Crippen molar-refractivity contribution in [1.82, 2.24) is 0 Å². The number of hydrogen-bond donors (Lipinski definition) is 0. The summed E-state index contributed by atoms with van der Waals surface area (Å²) in [4.78, 5) is 0. The second kappa shape index (κ2) is 11.3. The number of unbranched alkanes of at least 4 members (excludes halogenated alkanes) is 1. The van der Waals surface area contributed by atoms with E-state index in [-0.39, 0.29) is 5.92 Å². The van der Waals surface area contributed by atoms with E-state index in [4.69, 9.17) is 0 Å². The van der Waals surface area contributed by atoms with Gasteiger partial charge in [0, 0.05) is 5.92 Å². The molecule has 0 bridgehead atoms. The maximum Gasteiger partial charge on any atom is 0.117 e. The van der Waals surface area contributed by atoms with Gasteiger partial charge in [-0.15, -0.1) is 0 Å². The first-order valence-electron chi connectivity index (χ1n) is 11.3. The Morgan fingerprint density at radius 2 is 1.62 bits per heavy atom. The van der Waals surface area contributed by atoms with Crippen molar-refractivity contribution in [3.63, 3.8) is 0 Å². The van der Waals surface area contributed by atoms with E-state index in [1.807, 2.05) is 6.92 Å². The lowest BCUT2D eigenvalue weighted by Crippen LogP contribution is -2.33. The van der Waals surface area contributed by atoms with E-state index in [0.29, 0.717) is 18.8 Å². The normalized spacial score (nSPS) is 36.7. The van der Waals surface area contributed by atoms with Crippen molar-refractivity contribution < 1.29 is 8.78 Å². The standard InChI is InChI=1S/C24H40F2/c1-4-6-10-20(8-5-2)21-11-7-9-19(12-14-21)13-15-22-23(25)16-18(3)17-24(22)26/h18-24H,4-12,14,16-17H2,1-3H3. The van der Waals surface area contributed by atoms with Gasteiger partial charge in [0.2, 0.25) is 0 Å². The van der Waals surface area contributed by atoms with Crippen LogP contribution in [0.5, 0.6) is 0 Å². The average Bonchev–Trinajstić information content (AvgIpc) is 2.83. The molecule has 0 aromatic heterocycles. The van der Waals surface area contributed by atoms with E-state index in [1.165, 1.54) is 51.4 Å². The Morgan fingerprint density at radius 3 is 2.27 bits per heavy atom. The highest BCUT2D eigenvalue weighted by atomic mass is 19.1. The van der Waals surface area contributed by atoms with Crippen molar-refractivity contribution in [2.24, 2.45) is 29.6 Å². The smallest absolute Gasteiger partial charge is 0.117 e. The molecule has 0 aromatic carbocycles. The summed E-state index contributed by atoms with van der Waals surface area (Å²) >= 11 is 0. The Balaban J connectivity index is 1.90. The van der Waals surface area contributed by atoms with Crippen molar-refractivity contribution in [3.8, 4) is 11.8 Å². The van der Waals surface area contributed by atoms with Gasteiger partial charge in [-0.2, -0.15) is 0 Å². The van der Waals surface area contributed by atoms with Gasteiger partial charge in [-0.25, -0.2) is 8.78 Å². The molecule has 2 aliphatic rings. The Bertz CT molecular complexity index is 437. The lowest BCUT2D eigenvalue weighted by Gasteiger charge is -2.29. The summed E-state index contributed by atoms with van der Waals surface area (Å²) in [7, 11) is 0. The first-order valence-corrected chi connectivity index (χ1v) is 11.3. The molecule has 0 saturated heterocycles. The van der Waals surface area contributed by atoms with Crippen LogP contribution < -0.4 is 0 Å². The maximum atomic E-state index is 14.2. The monoisotopic (exact) mass is 366 g/mol. The topological polar surface area (TPSA) is 0 Å². The van der Waals surface area contributed by atoms with Crippen molar-refractivity contribution >= 4 is 0 Å². The van der Waals surface area contributed by atoms with Crippen LogP contribution in [0.1, 0.15) is 97.8 Å². The zero-order valence-electron chi connectivity index (χ0n) is 17.3. The van der Waals surface area contributed by atoms with Crippen molar-refractivity contribution in [2.75, 3.05) is 0 Å². The van der Waals surface area contributed by atoms with Crippen LogP contribution in [-0.2, 0) is 0 Å².